The first-order valence-corrected chi connectivity index (χ1v) is 5.27. The van der Waals surface area contributed by atoms with Crippen molar-refractivity contribution in [2.75, 3.05) is 7.11 Å². The first-order chi connectivity index (χ1) is 9.22. The van der Waals surface area contributed by atoms with Crippen molar-refractivity contribution in [3.8, 4) is 11.5 Å². The number of aromatic amines is 1. The number of carbonyl (C=O) groups is 1. The van der Waals surface area contributed by atoms with Crippen molar-refractivity contribution in [1.29, 1.82) is 0 Å². The van der Waals surface area contributed by atoms with Crippen molar-refractivity contribution in [2.45, 2.75) is 0 Å². The Bertz CT molecular complexity index is 594. The Kier molecular flexibility index (Phi) is 3.72. The second-order valence-corrected chi connectivity index (χ2v) is 3.43. The summed E-state index contributed by atoms with van der Waals surface area (Å²) in [5, 5.41) is 19.4. The zero-order chi connectivity index (χ0) is 13.7. The largest absolute Gasteiger partial charge is 0.504 e. The molecule has 0 fully saturated rings. The van der Waals surface area contributed by atoms with Crippen molar-refractivity contribution in [2.24, 2.45) is 5.10 Å². The van der Waals surface area contributed by atoms with Gasteiger partial charge in [0, 0.05) is 5.56 Å². The molecule has 0 bridgehead atoms. The molecule has 2 aromatic rings. The van der Waals surface area contributed by atoms with Crippen LogP contribution in [0.4, 0.5) is 0 Å². The van der Waals surface area contributed by atoms with Gasteiger partial charge in [0.25, 0.3) is 0 Å². The smallest absolute Gasteiger partial charge is 0.308 e. The normalized spacial score (nSPS) is 10.6. The lowest BCUT2D eigenvalue weighted by molar-refractivity contribution is 0.0945. The number of H-pyrrole nitrogens is 1. The fourth-order valence-electron chi connectivity index (χ4n) is 1.34. The molecule has 0 radical (unpaired) electrons. The second-order valence-electron chi connectivity index (χ2n) is 3.43. The van der Waals surface area contributed by atoms with E-state index >= 15 is 0 Å². The average Bonchev–Trinajstić information content (AvgIpc) is 2.94. The molecule has 0 atom stereocenters. The highest BCUT2D eigenvalue weighted by molar-refractivity contribution is 5.91. The number of para-hydroxylation sites is 1. The molecule has 19 heavy (non-hydrogen) atoms. The van der Waals surface area contributed by atoms with Crippen LogP contribution < -0.4 is 10.2 Å². The molecule has 0 aliphatic carbocycles. The van der Waals surface area contributed by atoms with Crippen LogP contribution in [0.25, 0.3) is 0 Å². The number of methoxy groups -OCH3 is 1. The lowest BCUT2D eigenvalue weighted by Crippen LogP contribution is -2.19. The molecule has 1 aromatic carbocycles. The average molecular weight is 261 g/mol. The zero-order valence-corrected chi connectivity index (χ0v) is 9.99. The highest BCUT2D eigenvalue weighted by Gasteiger charge is 2.07. The van der Waals surface area contributed by atoms with Gasteiger partial charge in [0.1, 0.15) is 6.33 Å². The van der Waals surface area contributed by atoms with Gasteiger partial charge in [-0.2, -0.15) is 10.2 Å². The third-order valence-corrected chi connectivity index (χ3v) is 2.25. The summed E-state index contributed by atoms with van der Waals surface area (Å²) in [7, 11) is 1.45. The quantitative estimate of drug-likeness (QED) is 0.540. The lowest BCUT2D eigenvalue weighted by Gasteiger charge is -2.04. The molecule has 1 amide bonds. The molecule has 0 saturated carbocycles. The lowest BCUT2D eigenvalue weighted by atomic mass is 10.2. The van der Waals surface area contributed by atoms with Gasteiger partial charge in [0.15, 0.2) is 11.5 Å². The summed E-state index contributed by atoms with van der Waals surface area (Å²) in [4.78, 5) is 15.1. The molecule has 0 saturated heterocycles. The standard InChI is InChI=1S/C11H11N5O3/c1-19-8-4-2-3-7(9(8)17)5-13-16-11(18)10-12-6-14-15-10/h2-6,17H,1H3,(H,16,18)(H,12,14,15). The number of ether oxygens (including phenoxy) is 1. The number of hydrogen-bond donors (Lipinski definition) is 3. The molecule has 0 spiro atoms. The number of nitrogens with one attached hydrogen (secondary N) is 2. The molecule has 2 rings (SSSR count). The number of nitrogens with zero attached hydrogens (tertiary/aromatic N) is 3. The molecule has 1 heterocycles. The van der Waals surface area contributed by atoms with E-state index in [1.807, 2.05) is 0 Å². The molecular weight excluding hydrogens is 250 g/mol. The van der Waals surface area contributed by atoms with Crippen LogP contribution >= 0.6 is 0 Å². The van der Waals surface area contributed by atoms with E-state index in [-0.39, 0.29) is 11.6 Å². The second kappa shape index (κ2) is 5.63. The molecule has 0 aliphatic heterocycles. The topological polar surface area (TPSA) is 112 Å². The van der Waals surface area contributed by atoms with Gasteiger partial charge in [0.2, 0.25) is 5.82 Å². The summed E-state index contributed by atoms with van der Waals surface area (Å²) >= 11 is 0. The third-order valence-electron chi connectivity index (χ3n) is 2.25. The summed E-state index contributed by atoms with van der Waals surface area (Å²) in [5.41, 5.74) is 2.66. The Morgan fingerprint density at radius 2 is 2.42 bits per heavy atom. The monoisotopic (exact) mass is 261 g/mol. The molecule has 0 aliphatic rings. The number of hydrazone groups is 1. The van der Waals surface area contributed by atoms with Gasteiger partial charge >= 0.3 is 5.91 Å². The van der Waals surface area contributed by atoms with Gasteiger partial charge in [-0.25, -0.2) is 10.4 Å². The number of amides is 1. The Labute approximate surface area is 108 Å². The summed E-state index contributed by atoms with van der Waals surface area (Å²) in [5.74, 6) is -0.212. The summed E-state index contributed by atoms with van der Waals surface area (Å²) < 4.78 is 4.95. The van der Waals surface area contributed by atoms with E-state index in [9.17, 15) is 9.90 Å². The summed E-state index contributed by atoms with van der Waals surface area (Å²) in [6.07, 6.45) is 2.51. The highest BCUT2D eigenvalue weighted by Crippen LogP contribution is 2.27. The fraction of sp³-hybridized carbons (Fsp3) is 0.0909. The molecule has 3 N–H and O–H groups in total. The third kappa shape index (κ3) is 2.86. The SMILES string of the molecule is COc1cccc(C=NNC(=O)c2ncn[nH]2)c1O. The van der Waals surface area contributed by atoms with Gasteiger partial charge < -0.3 is 9.84 Å². The first kappa shape index (κ1) is 12.6. The van der Waals surface area contributed by atoms with Crippen molar-refractivity contribution < 1.29 is 14.6 Å². The van der Waals surface area contributed by atoms with E-state index in [1.54, 1.807) is 18.2 Å². The van der Waals surface area contributed by atoms with Crippen LogP contribution in [0.5, 0.6) is 11.5 Å². The number of aromatic nitrogens is 3. The number of rotatable bonds is 4. The van der Waals surface area contributed by atoms with Crippen molar-refractivity contribution in [3.63, 3.8) is 0 Å². The van der Waals surface area contributed by atoms with Crippen molar-refractivity contribution in [1.82, 2.24) is 20.6 Å². The molecule has 0 unspecified atom stereocenters. The van der Waals surface area contributed by atoms with Gasteiger partial charge in [0.05, 0.1) is 13.3 Å². The van der Waals surface area contributed by atoms with Crippen molar-refractivity contribution >= 4 is 12.1 Å². The summed E-state index contributed by atoms with van der Waals surface area (Å²) in [6.45, 7) is 0. The Morgan fingerprint density at radius 3 is 3.11 bits per heavy atom. The predicted molar refractivity (Wildman–Crippen MR) is 66.1 cm³/mol. The maximum absolute atomic E-state index is 11.5. The van der Waals surface area contributed by atoms with Crippen LogP contribution in [0.15, 0.2) is 29.6 Å². The van der Waals surface area contributed by atoms with Crippen LogP contribution in [0, 0.1) is 0 Å². The number of benzene rings is 1. The number of phenols is 1. The zero-order valence-electron chi connectivity index (χ0n) is 9.99. The molecule has 98 valence electrons. The maximum Gasteiger partial charge on any atom is 0.308 e. The predicted octanol–water partition coefficient (Wildman–Crippen LogP) is 0.283. The summed E-state index contributed by atoms with van der Waals surface area (Å²) in [6, 6.07) is 4.93. The van der Waals surface area contributed by atoms with Crippen LogP contribution in [0.1, 0.15) is 16.2 Å². The van der Waals surface area contributed by atoms with Crippen LogP contribution in [0.3, 0.4) is 0 Å². The van der Waals surface area contributed by atoms with Crippen LogP contribution in [-0.2, 0) is 0 Å². The molecule has 8 heteroatoms. The van der Waals surface area contributed by atoms with E-state index in [4.69, 9.17) is 4.74 Å². The Balaban J connectivity index is 2.05. The molecular formula is C11H11N5O3. The van der Waals surface area contributed by atoms with Crippen molar-refractivity contribution in [3.05, 3.63) is 35.9 Å². The van der Waals surface area contributed by atoms with E-state index in [0.717, 1.165) is 0 Å². The molecule has 8 nitrogen and oxygen atoms in total. The minimum atomic E-state index is -0.531. The van der Waals surface area contributed by atoms with Gasteiger partial charge in [-0.1, -0.05) is 6.07 Å². The number of aromatic hydroxyl groups is 1. The van der Waals surface area contributed by atoms with E-state index in [2.05, 4.69) is 25.7 Å². The minimum absolute atomic E-state index is 0.0482. The Morgan fingerprint density at radius 1 is 1.58 bits per heavy atom. The van der Waals surface area contributed by atoms with Gasteiger partial charge in [-0.15, -0.1) is 0 Å². The maximum atomic E-state index is 11.5. The first-order valence-electron chi connectivity index (χ1n) is 5.27. The van der Waals surface area contributed by atoms with E-state index in [0.29, 0.717) is 11.3 Å². The fourth-order valence-corrected chi connectivity index (χ4v) is 1.34. The van der Waals surface area contributed by atoms with Gasteiger partial charge in [-0.3, -0.25) is 9.89 Å². The number of phenolic OH excluding ortho intramolecular Hbond substituents is 1. The van der Waals surface area contributed by atoms with Crippen LogP contribution in [-0.4, -0.2) is 39.5 Å². The van der Waals surface area contributed by atoms with E-state index < -0.39 is 5.91 Å². The minimum Gasteiger partial charge on any atom is -0.504 e. The van der Waals surface area contributed by atoms with E-state index in [1.165, 1.54) is 19.7 Å². The highest BCUT2D eigenvalue weighted by atomic mass is 16.5. The molecule has 1 aromatic heterocycles. The van der Waals surface area contributed by atoms with Gasteiger partial charge in [-0.05, 0) is 12.1 Å². The van der Waals surface area contributed by atoms with Crippen LogP contribution in [0.2, 0.25) is 0 Å². The Hall–Kier alpha value is -2.90. The number of carbonyl (C=O) groups excluding carboxylic acids is 1. The number of hydrogen-bond acceptors (Lipinski definition) is 6.